The molecule has 0 saturated carbocycles. The van der Waals surface area contributed by atoms with Crippen molar-refractivity contribution in [3.8, 4) is 6.07 Å². The van der Waals surface area contributed by atoms with Gasteiger partial charge in [-0.3, -0.25) is 0 Å². The van der Waals surface area contributed by atoms with Crippen LogP contribution in [0.3, 0.4) is 0 Å². The zero-order valence-electron chi connectivity index (χ0n) is 12.3. The van der Waals surface area contributed by atoms with Crippen molar-refractivity contribution < 1.29 is 4.39 Å². The lowest BCUT2D eigenvalue weighted by Gasteiger charge is -2.16. The van der Waals surface area contributed by atoms with Crippen LogP contribution in [0.2, 0.25) is 0 Å². The van der Waals surface area contributed by atoms with Crippen molar-refractivity contribution in [3.05, 3.63) is 52.5 Å². The summed E-state index contributed by atoms with van der Waals surface area (Å²) in [5.41, 5.74) is 2.97. The van der Waals surface area contributed by atoms with Gasteiger partial charge in [0.05, 0.1) is 5.69 Å². The molecular weight excluding hydrogens is 267 g/mol. The molecule has 1 N–H and O–H groups in total. The van der Waals surface area contributed by atoms with E-state index in [4.69, 9.17) is 0 Å². The van der Waals surface area contributed by atoms with Gasteiger partial charge in [0.1, 0.15) is 17.4 Å². The Balaban J connectivity index is 2.15. The maximum atomic E-state index is 13.2. The van der Waals surface area contributed by atoms with Crippen LogP contribution in [0.15, 0.2) is 24.3 Å². The molecule has 0 bridgehead atoms. The highest BCUT2D eigenvalue weighted by molar-refractivity contribution is 5.56. The average Bonchev–Trinajstić information content (AvgIpc) is 2.43. The van der Waals surface area contributed by atoms with Crippen molar-refractivity contribution in [1.82, 2.24) is 10.2 Å². The van der Waals surface area contributed by atoms with Gasteiger partial charge in [-0.15, -0.1) is 5.10 Å². The van der Waals surface area contributed by atoms with Gasteiger partial charge in [-0.2, -0.15) is 10.4 Å². The number of hydrogen-bond donors (Lipinski definition) is 1. The lowest BCUT2D eigenvalue weighted by Crippen LogP contribution is -2.20. The third-order valence-corrected chi connectivity index (χ3v) is 3.38. The Bertz CT molecular complexity index is 691. The van der Waals surface area contributed by atoms with Gasteiger partial charge in [-0.25, -0.2) is 4.39 Å². The van der Waals surface area contributed by atoms with Crippen molar-refractivity contribution >= 4 is 5.82 Å². The summed E-state index contributed by atoms with van der Waals surface area (Å²) in [5, 5.41) is 20.5. The second-order valence-corrected chi connectivity index (χ2v) is 5.13. The molecule has 0 aliphatic rings. The van der Waals surface area contributed by atoms with E-state index in [1.165, 1.54) is 12.1 Å². The number of nitrogens with zero attached hydrogens (tertiary/aromatic N) is 3. The molecule has 1 aromatic carbocycles. The molecule has 2 aromatic rings. The standard InChI is InChI=1S/C16H17FN4/c1-10(7-13-5-4-6-14(17)8-13)19-16-15(9-18)11(2)12(3)20-21-16/h4-6,8,10H,7H2,1-3H3,(H,19,21). The number of rotatable bonds is 4. The first-order valence-electron chi connectivity index (χ1n) is 6.76. The summed E-state index contributed by atoms with van der Waals surface area (Å²) in [6.45, 7) is 5.64. The van der Waals surface area contributed by atoms with Crippen LogP contribution in [-0.4, -0.2) is 16.2 Å². The Kier molecular flexibility index (Phi) is 4.49. The van der Waals surface area contributed by atoms with Gasteiger partial charge in [0.2, 0.25) is 0 Å². The van der Waals surface area contributed by atoms with E-state index >= 15 is 0 Å². The number of anilines is 1. The van der Waals surface area contributed by atoms with Crippen LogP contribution in [0.5, 0.6) is 0 Å². The van der Waals surface area contributed by atoms with Gasteiger partial charge < -0.3 is 5.32 Å². The molecule has 0 saturated heterocycles. The van der Waals surface area contributed by atoms with Crippen LogP contribution in [0, 0.1) is 31.0 Å². The highest BCUT2D eigenvalue weighted by Crippen LogP contribution is 2.18. The largest absolute Gasteiger partial charge is 0.365 e. The summed E-state index contributed by atoms with van der Waals surface area (Å²) in [6, 6.07) is 8.66. The smallest absolute Gasteiger partial charge is 0.167 e. The van der Waals surface area contributed by atoms with E-state index in [0.29, 0.717) is 17.8 Å². The maximum absolute atomic E-state index is 13.2. The number of benzene rings is 1. The first-order chi connectivity index (χ1) is 10.0. The SMILES string of the molecule is Cc1nnc(NC(C)Cc2cccc(F)c2)c(C#N)c1C. The van der Waals surface area contributed by atoms with Crippen molar-refractivity contribution in [3.63, 3.8) is 0 Å². The van der Waals surface area contributed by atoms with E-state index in [9.17, 15) is 9.65 Å². The Morgan fingerprint density at radius 1 is 1.33 bits per heavy atom. The predicted molar refractivity (Wildman–Crippen MR) is 79.4 cm³/mol. The first kappa shape index (κ1) is 14.9. The minimum absolute atomic E-state index is 0.00954. The minimum atomic E-state index is -0.247. The Morgan fingerprint density at radius 2 is 2.10 bits per heavy atom. The molecule has 2 rings (SSSR count). The molecule has 1 atom stereocenters. The zero-order valence-corrected chi connectivity index (χ0v) is 12.3. The van der Waals surface area contributed by atoms with Crippen molar-refractivity contribution in [2.24, 2.45) is 0 Å². The van der Waals surface area contributed by atoms with E-state index in [1.54, 1.807) is 6.07 Å². The van der Waals surface area contributed by atoms with Crippen molar-refractivity contribution in [1.29, 1.82) is 5.26 Å². The number of halogens is 1. The van der Waals surface area contributed by atoms with E-state index in [0.717, 1.165) is 16.8 Å². The fourth-order valence-electron chi connectivity index (χ4n) is 2.15. The minimum Gasteiger partial charge on any atom is -0.365 e. The average molecular weight is 284 g/mol. The van der Waals surface area contributed by atoms with Crippen LogP contribution in [-0.2, 0) is 6.42 Å². The van der Waals surface area contributed by atoms with E-state index in [2.05, 4.69) is 21.6 Å². The lowest BCUT2D eigenvalue weighted by molar-refractivity contribution is 0.624. The fraction of sp³-hybridized carbons (Fsp3) is 0.312. The Hall–Kier alpha value is -2.48. The quantitative estimate of drug-likeness (QED) is 0.937. The summed E-state index contributed by atoms with van der Waals surface area (Å²) in [5.74, 6) is 0.230. The number of hydrogen-bond acceptors (Lipinski definition) is 4. The Morgan fingerprint density at radius 3 is 2.76 bits per heavy atom. The van der Waals surface area contributed by atoms with E-state index in [-0.39, 0.29) is 11.9 Å². The monoisotopic (exact) mass is 284 g/mol. The third-order valence-electron chi connectivity index (χ3n) is 3.38. The predicted octanol–water partition coefficient (Wildman–Crippen LogP) is 3.15. The fourth-order valence-corrected chi connectivity index (χ4v) is 2.15. The van der Waals surface area contributed by atoms with Crippen LogP contribution in [0.4, 0.5) is 10.2 Å². The molecule has 0 fully saturated rings. The van der Waals surface area contributed by atoms with Crippen molar-refractivity contribution in [2.45, 2.75) is 33.2 Å². The van der Waals surface area contributed by atoms with Crippen LogP contribution >= 0.6 is 0 Å². The number of aryl methyl sites for hydroxylation is 1. The molecule has 0 aliphatic heterocycles. The summed E-state index contributed by atoms with van der Waals surface area (Å²) in [4.78, 5) is 0. The molecule has 0 aliphatic carbocycles. The summed E-state index contributed by atoms with van der Waals surface area (Å²) in [6.07, 6.45) is 0.636. The van der Waals surface area contributed by atoms with Crippen LogP contribution in [0.1, 0.15) is 29.3 Å². The van der Waals surface area contributed by atoms with Crippen molar-refractivity contribution in [2.75, 3.05) is 5.32 Å². The summed E-state index contributed by atoms with van der Waals surface area (Å²) >= 11 is 0. The van der Waals surface area contributed by atoms with E-state index < -0.39 is 0 Å². The van der Waals surface area contributed by atoms with Gasteiger partial charge in [-0.05, 0) is 50.5 Å². The maximum Gasteiger partial charge on any atom is 0.167 e. The second-order valence-electron chi connectivity index (χ2n) is 5.13. The molecule has 4 nitrogen and oxygen atoms in total. The van der Waals surface area contributed by atoms with E-state index in [1.807, 2.05) is 26.8 Å². The summed E-state index contributed by atoms with van der Waals surface area (Å²) in [7, 11) is 0. The highest BCUT2D eigenvalue weighted by atomic mass is 19.1. The van der Waals surface area contributed by atoms with Gasteiger partial charge in [0.15, 0.2) is 5.82 Å². The number of aromatic nitrogens is 2. The topological polar surface area (TPSA) is 61.6 Å². The zero-order chi connectivity index (χ0) is 15.4. The number of nitrogens with one attached hydrogen (secondary N) is 1. The molecule has 1 aromatic heterocycles. The van der Waals surface area contributed by atoms with Gasteiger partial charge in [-0.1, -0.05) is 12.1 Å². The summed E-state index contributed by atoms with van der Waals surface area (Å²) < 4.78 is 13.2. The normalized spacial score (nSPS) is 11.8. The third kappa shape index (κ3) is 3.54. The second kappa shape index (κ2) is 6.31. The molecule has 1 heterocycles. The molecule has 108 valence electrons. The molecule has 21 heavy (non-hydrogen) atoms. The molecule has 0 radical (unpaired) electrons. The first-order valence-corrected chi connectivity index (χ1v) is 6.76. The lowest BCUT2D eigenvalue weighted by atomic mass is 10.1. The van der Waals surface area contributed by atoms with Gasteiger partial charge >= 0.3 is 0 Å². The molecule has 1 unspecified atom stereocenters. The number of nitriles is 1. The van der Waals surface area contributed by atoms with Crippen LogP contribution < -0.4 is 5.32 Å². The molecule has 0 spiro atoms. The van der Waals surface area contributed by atoms with Crippen LogP contribution in [0.25, 0.3) is 0 Å². The van der Waals surface area contributed by atoms with Gasteiger partial charge in [0, 0.05) is 6.04 Å². The molecule has 0 amide bonds. The highest BCUT2D eigenvalue weighted by Gasteiger charge is 2.13. The Labute approximate surface area is 123 Å². The molecular formula is C16H17FN4. The van der Waals surface area contributed by atoms with Gasteiger partial charge in [0.25, 0.3) is 0 Å². The molecule has 5 heteroatoms.